The number of para-hydroxylation sites is 5. The van der Waals surface area contributed by atoms with Gasteiger partial charge in [-0.25, -0.2) is 8.78 Å². The number of amides is 5. The van der Waals surface area contributed by atoms with Gasteiger partial charge in [0.05, 0.1) is 69.2 Å². The largest absolute Gasteiger partial charge is 0.485 e. The smallest absolute Gasteiger partial charge is 0.417 e. The van der Waals surface area contributed by atoms with Crippen LogP contribution in [0.3, 0.4) is 0 Å². The Balaban J connectivity index is 0.000000136. The average molecular weight is 1630 g/mol. The van der Waals surface area contributed by atoms with Gasteiger partial charge in [0.15, 0.2) is 88.0 Å². The van der Waals surface area contributed by atoms with Gasteiger partial charge < -0.3 is 96.0 Å². The Morgan fingerprint density at radius 1 is 0.483 bits per heavy atom. The molecule has 0 bridgehead atoms. The van der Waals surface area contributed by atoms with E-state index in [0.717, 1.165) is 71.7 Å². The Kier molecular flexibility index (Phi) is 25.2. The second-order valence-electron chi connectivity index (χ2n) is 28.2. The van der Waals surface area contributed by atoms with E-state index in [2.05, 4.69) is 30.2 Å². The van der Waals surface area contributed by atoms with Crippen LogP contribution in [0.4, 0.5) is 22.0 Å². The fourth-order valence-electron chi connectivity index (χ4n) is 13.7. The van der Waals surface area contributed by atoms with E-state index in [1.807, 2.05) is 13.0 Å². The normalized spacial score (nSPS) is 17.9. The number of nitrogens with one attached hydrogen (secondary N) is 1. The number of benzene rings is 5. The van der Waals surface area contributed by atoms with Crippen LogP contribution in [0.1, 0.15) is 203 Å². The zero-order chi connectivity index (χ0) is 84.7. The van der Waals surface area contributed by atoms with Gasteiger partial charge in [-0.1, -0.05) is 30.3 Å². The highest BCUT2D eigenvalue weighted by molar-refractivity contribution is 5.99. The quantitative estimate of drug-likeness (QED) is 0.0457. The van der Waals surface area contributed by atoms with Crippen molar-refractivity contribution >= 4 is 29.5 Å². The van der Waals surface area contributed by atoms with E-state index in [4.69, 9.17) is 70.3 Å². The third-order valence-corrected chi connectivity index (χ3v) is 19.7. The highest BCUT2D eigenvalue weighted by atomic mass is 19.4. The minimum absolute atomic E-state index is 0.0238. The minimum Gasteiger partial charge on any atom is -0.485 e. The molecule has 0 saturated heterocycles. The van der Waals surface area contributed by atoms with Gasteiger partial charge >= 0.3 is 6.18 Å². The van der Waals surface area contributed by atoms with Crippen LogP contribution in [0, 0.1) is 18.6 Å². The van der Waals surface area contributed by atoms with Crippen LogP contribution in [0.5, 0.6) is 57.5 Å². The molecular formula is C84H81F5N10O19. The van der Waals surface area contributed by atoms with E-state index in [1.54, 1.807) is 111 Å². The first-order valence-electron chi connectivity index (χ1n) is 36.8. The van der Waals surface area contributed by atoms with Crippen LogP contribution in [0.2, 0.25) is 0 Å². The van der Waals surface area contributed by atoms with Gasteiger partial charge in [-0.15, -0.1) is 0 Å². The molecule has 1 saturated carbocycles. The molecule has 13 N–H and O–H groups in total. The molecule has 0 radical (unpaired) electrons. The number of hydrogen-bond acceptors (Lipinski definition) is 24. The summed E-state index contributed by atoms with van der Waals surface area (Å²) in [6.45, 7) is 8.58. The molecule has 1 fully saturated rings. The van der Waals surface area contributed by atoms with Crippen LogP contribution >= 0.6 is 0 Å². The molecule has 29 nitrogen and oxygen atoms in total. The van der Waals surface area contributed by atoms with Crippen LogP contribution in [0.25, 0.3) is 0 Å². The van der Waals surface area contributed by atoms with E-state index in [1.165, 1.54) is 58.5 Å². The van der Waals surface area contributed by atoms with Gasteiger partial charge in [0.25, 0.3) is 29.5 Å². The first-order valence-corrected chi connectivity index (χ1v) is 36.8. The van der Waals surface area contributed by atoms with Gasteiger partial charge in [-0.3, -0.25) is 48.9 Å². The van der Waals surface area contributed by atoms with E-state index in [0.29, 0.717) is 68.1 Å². The van der Waals surface area contributed by atoms with E-state index >= 15 is 0 Å². The molecule has 5 aromatic heterocycles. The molecule has 0 spiro atoms. The molecule has 6 aliphatic rings. The van der Waals surface area contributed by atoms with Crippen LogP contribution in [-0.4, -0.2) is 115 Å². The predicted octanol–water partition coefficient (Wildman–Crippen LogP) is 11.0. The van der Waals surface area contributed by atoms with Crippen molar-refractivity contribution in [1.29, 1.82) is 0 Å². The summed E-state index contributed by atoms with van der Waals surface area (Å²) in [6.07, 6.45) is 7.40. The number of nitrogens with two attached hydrogens (primary N) is 4. The summed E-state index contributed by atoms with van der Waals surface area (Å²) < 4.78 is 124. The second kappa shape index (κ2) is 35.4. The highest BCUT2D eigenvalue weighted by Crippen LogP contribution is 2.47. The fraction of sp³-hybridized carbons (Fsp3) is 0.286. The lowest BCUT2D eigenvalue weighted by atomic mass is 9.75. The second-order valence-corrected chi connectivity index (χ2v) is 28.2. The molecule has 7 atom stereocenters. The Hall–Kier alpha value is -13.3. The van der Waals surface area contributed by atoms with Crippen molar-refractivity contribution in [1.82, 2.24) is 30.2 Å². The number of alkyl halides is 3. The average Bonchev–Trinajstić information content (AvgIpc) is 0.847. The van der Waals surface area contributed by atoms with Gasteiger partial charge in [-0.05, 0) is 132 Å². The molecule has 1 aliphatic carbocycles. The maximum atomic E-state index is 14.2. The monoisotopic (exact) mass is 1630 g/mol. The number of ether oxygens (including phenoxy) is 10. The van der Waals surface area contributed by atoms with E-state index in [9.17, 15) is 66.4 Å². The lowest BCUT2D eigenvalue weighted by Crippen LogP contribution is -2.34. The Labute approximate surface area is 670 Å². The zero-order valence-corrected chi connectivity index (χ0v) is 64.1. The maximum absolute atomic E-state index is 14.2. The topological polar surface area (TPSA) is 439 Å². The van der Waals surface area contributed by atoms with Gasteiger partial charge in [0, 0.05) is 107 Å². The number of nitrogens with zero attached hydrogens (tertiary/aromatic N) is 5. The van der Waals surface area contributed by atoms with Crippen LogP contribution in [-0.2, 0) is 17.4 Å². The number of carbonyl (C=O) groups is 5. The summed E-state index contributed by atoms with van der Waals surface area (Å²) in [4.78, 5) is 77.3. The Bertz CT molecular complexity index is 5440. The lowest BCUT2D eigenvalue weighted by Gasteiger charge is -2.37. The molecule has 6 unspecified atom stereocenters. The third-order valence-electron chi connectivity index (χ3n) is 19.7. The number of pyridine rings is 5. The van der Waals surface area contributed by atoms with Crippen LogP contribution in [0.15, 0.2) is 165 Å². The minimum atomic E-state index is -4.48. The number of rotatable bonds is 14. The maximum Gasteiger partial charge on any atom is 0.417 e. The van der Waals surface area contributed by atoms with Crippen molar-refractivity contribution in [3.8, 4) is 57.5 Å². The zero-order valence-electron chi connectivity index (χ0n) is 64.1. The van der Waals surface area contributed by atoms with E-state index < -0.39 is 88.7 Å². The highest BCUT2D eigenvalue weighted by Gasteiger charge is 2.40. The van der Waals surface area contributed by atoms with Gasteiger partial charge in [-0.2, -0.15) is 13.2 Å². The summed E-state index contributed by atoms with van der Waals surface area (Å²) >= 11 is 0. The molecule has 10 heterocycles. The third kappa shape index (κ3) is 18.5. The van der Waals surface area contributed by atoms with Crippen molar-refractivity contribution in [3.63, 3.8) is 0 Å². The van der Waals surface area contributed by atoms with Gasteiger partial charge in [0.1, 0.15) is 44.7 Å². The number of fused-ring (bicyclic) bond motifs is 5. The first kappa shape index (κ1) is 84.1. The molecule has 34 heteroatoms. The van der Waals surface area contributed by atoms with Crippen LogP contribution < -0.4 is 75.6 Å². The summed E-state index contributed by atoms with van der Waals surface area (Å²) in [6, 6.07) is 27.3. The summed E-state index contributed by atoms with van der Waals surface area (Å²) in [5.74, 6) is -0.486. The molecule has 616 valence electrons. The molecule has 5 aromatic carbocycles. The van der Waals surface area contributed by atoms with Crippen molar-refractivity contribution in [3.05, 3.63) is 266 Å². The van der Waals surface area contributed by atoms with Crippen molar-refractivity contribution in [2.45, 2.75) is 114 Å². The molecule has 5 aliphatic heterocycles. The number of halogens is 5. The molecule has 16 rings (SSSR count). The number of carbonyl (C=O) groups excluding carboxylic acids is 5. The summed E-state index contributed by atoms with van der Waals surface area (Å²) in [7, 11) is 1.49. The molecule has 118 heavy (non-hydrogen) atoms. The number of aliphatic hydroxyl groups excluding tert-OH is 2. The summed E-state index contributed by atoms with van der Waals surface area (Å²) in [5.41, 5.74) is 25.0. The molecule has 10 aromatic rings. The predicted molar refractivity (Wildman–Crippen MR) is 409 cm³/mol. The summed E-state index contributed by atoms with van der Waals surface area (Å²) in [5, 5.41) is 42.9. The SMILES string of the molecule is CC(C)(O)c1c(F)cncc1C1COc2c(cccc2C(N)=O)O1.CNC(=O)c1cccc2c1OCC(c1cncc(C(F)(F)F)c1)O2.C[C@@H](O)c1c(F)cncc1C1COc2c(cccc2C(N)=O)O1.Cc1c(C(C)O)cncc1C1COc2c(cccc2C(N)=O)O1.NC(=O)c1cccc2c1OCC(c1cncc(C3(O)CCC3)c1)O2. The fourth-order valence-corrected chi connectivity index (χ4v) is 13.7. The molecular weight excluding hydrogens is 1550 g/mol. The first-order chi connectivity index (χ1) is 56.2. The molecule has 5 amide bonds. The number of hydrogen-bond donors (Lipinski definition) is 9. The Morgan fingerprint density at radius 3 is 1.25 bits per heavy atom. The van der Waals surface area contributed by atoms with E-state index in [-0.39, 0.29) is 96.2 Å². The standard InChI is InChI=1S/C18H18N2O4.C17H17FN2O4.C17H18N2O4.C16H13F3N2O3.C16H15FN2O4/c19-17(21)13-3-1-4-14-16(13)23-10-15(24-14)11-7-12(9-20-8-11)18(22)5-2-6-18;1-17(2,22)14-10(6-20-7-11(14)18)13-8-23-15-9(16(19)21)4-3-5-12(15)24-13;1-9-12(10(2)20)6-19-7-13(9)15-8-22-16-11(17(18)21)4-3-5-14(16)23-15;1-20-15(22)11-3-2-4-12-14(11)23-8-13(24-12)9-5-10(7-21-6-9)16(17,18)19;1-8(20)14-10(5-19-6-11(14)17)13-7-22-15-9(16(18)21)3-2-4-12(15)23-13/h1,3-4,7-9,15,22H,2,5-6,10H2,(H2,19,21);3-7,13,22H,8H2,1-2H3,(H2,19,21);3-7,10,15,20H,8H2,1-2H3,(H2,18,21);2-7,13H,8H2,1H3,(H,20,22);2-6,8,13,20H,7H2,1H3,(H2,18,21)/t;;;;8-,13?/m....1/s1. The van der Waals surface area contributed by atoms with Crippen molar-refractivity contribution in [2.75, 3.05) is 40.1 Å². The number of aliphatic hydroxyl groups is 4. The van der Waals surface area contributed by atoms with Gasteiger partial charge in [0.2, 0.25) is 0 Å². The Morgan fingerprint density at radius 2 is 0.847 bits per heavy atom. The lowest BCUT2D eigenvalue weighted by molar-refractivity contribution is -0.138. The number of primary amides is 4. The van der Waals surface area contributed by atoms with Crippen molar-refractivity contribution in [2.24, 2.45) is 22.9 Å². The van der Waals surface area contributed by atoms with Crippen molar-refractivity contribution < 1.29 is 114 Å². The number of aromatic nitrogens is 5.